The van der Waals surface area contributed by atoms with Crippen molar-refractivity contribution >= 4 is 10.0 Å². The highest BCUT2D eigenvalue weighted by Gasteiger charge is 2.39. The summed E-state index contributed by atoms with van der Waals surface area (Å²) in [5, 5.41) is 9.10. The molecular formula is C8H15NO3S. The molecule has 0 atom stereocenters. The van der Waals surface area contributed by atoms with Gasteiger partial charge in [-0.25, -0.2) is 8.42 Å². The smallest absolute Gasteiger partial charge is 0.214 e. The van der Waals surface area contributed by atoms with Crippen LogP contribution in [0.15, 0.2) is 0 Å². The highest BCUT2D eigenvalue weighted by Crippen LogP contribution is 2.30. The van der Waals surface area contributed by atoms with Gasteiger partial charge in [0.15, 0.2) is 0 Å². The van der Waals surface area contributed by atoms with Crippen molar-refractivity contribution in [2.45, 2.75) is 37.8 Å². The van der Waals surface area contributed by atoms with Crippen LogP contribution in [0.25, 0.3) is 0 Å². The van der Waals surface area contributed by atoms with Gasteiger partial charge in [0.1, 0.15) is 0 Å². The number of hydrogen-bond donors (Lipinski definition) is 1. The number of rotatable bonds is 1. The summed E-state index contributed by atoms with van der Waals surface area (Å²) >= 11 is 0. The molecule has 5 heteroatoms. The summed E-state index contributed by atoms with van der Waals surface area (Å²) in [6.45, 7) is 0.653. The van der Waals surface area contributed by atoms with Crippen molar-refractivity contribution in [1.82, 2.24) is 4.31 Å². The summed E-state index contributed by atoms with van der Waals surface area (Å²) in [6.07, 6.45) is 2.72. The zero-order valence-electron chi connectivity index (χ0n) is 7.52. The van der Waals surface area contributed by atoms with E-state index in [2.05, 4.69) is 0 Å². The second kappa shape index (κ2) is 3.22. The van der Waals surface area contributed by atoms with E-state index in [1.165, 1.54) is 0 Å². The Labute approximate surface area is 78.6 Å². The third kappa shape index (κ3) is 1.73. The summed E-state index contributed by atoms with van der Waals surface area (Å²) in [5.41, 5.74) is 0. The van der Waals surface area contributed by atoms with Crippen molar-refractivity contribution < 1.29 is 13.5 Å². The highest BCUT2D eigenvalue weighted by molar-refractivity contribution is 7.89. The summed E-state index contributed by atoms with van der Waals surface area (Å²) in [7, 11) is -2.98. The van der Waals surface area contributed by atoms with E-state index < -0.39 is 10.0 Å². The average molecular weight is 205 g/mol. The van der Waals surface area contributed by atoms with Crippen LogP contribution in [0.3, 0.4) is 0 Å². The van der Waals surface area contributed by atoms with Crippen LogP contribution in [0, 0.1) is 0 Å². The second-order valence-corrected chi connectivity index (χ2v) is 5.95. The van der Waals surface area contributed by atoms with E-state index in [0.717, 1.165) is 12.8 Å². The SMILES string of the molecule is O=S1(=O)CCCCN1C1CC(O)C1. The van der Waals surface area contributed by atoms with Gasteiger partial charge in [-0.15, -0.1) is 0 Å². The van der Waals surface area contributed by atoms with E-state index in [1.54, 1.807) is 4.31 Å². The standard InChI is InChI=1S/C8H15NO3S/c10-8-5-7(6-8)9-3-1-2-4-13(9,11)12/h7-8,10H,1-6H2. The quantitative estimate of drug-likeness (QED) is 0.652. The Hall–Kier alpha value is -0.130. The molecule has 0 bridgehead atoms. The lowest BCUT2D eigenvalue weighted by Crippen LogP contribution is -2.52. The highest BCUT2D eigenvalue weighted by atomic mass is 32.2. The number of hydrogen-bond acceptors (Lipinski definition) is 3. The van der Waals surface area contributed by atoms with Crippen LogP contribution >= 0.6 is 0 Å². The number of aliphatic hydroxyl groups excluding tert-OH is 1. The Bertz CT molecular complexity index is 282. The predicted molar refractivity (Wildman–Crippen MR) is 48.8 cm³/mol. The first-order chi connectivity index (χ1) is 6.09. The Morgan fingerprint density at radius 3 is 2.46 bits per heavy atom. The predicted octanol–water partition coefficient (Wildman–Crippen LogP) is -0.0647. The topological polar surface area (TPSA) is 57.6 Å². The molecule has 1 heterocycles. The van der Waals surface area contributed by atoms with Gasteiger partial charge in [0.05, 0.1) is 11.9 Å². The molecule has 2 rings (SSSR count). The fraction of sp³-hybridized carbons (Fsp3) is 1.00. The molecule has 0 radical (unpaired) electrons. The van der Waals surface area contributed by atoms with E-state index in [9.17, 15) is 8.42 Å². The monoisotopic (exact) mass is 205 g/mol. The minimum atomic E-state index is -2.98. The third-order valence-corrected chi connectivity index (χ3v) is 4.88. The maximum Gasteiger partial charge on any atom is 0.214 e. The molecule has 2 fully saturated rings. The lowest BCUT2D eigenvalue weighted by atomic mass is 9.89. The molecule has 0 aromatic heterocycles. The van der Waals surface area contributed by atoms with Crippen LogP contribution in [-0.4, -0.2) is 42.3 Å². The first-order valence-electron chi connectivity index (χ1n) is 4.77. The number of aliphatic hydroxyl groups is 1. The zero-order chi connectivity index (χ0) is 9.47. The second-order valence-electron chi connectivity index (χ2n) is 3.91. The minimum Gasteiger partial charge on any atom is -0.393 e. The van der Waals surface area contributed by atoms with E-state index in [0.29, 0.717) is 25.1 Å². The van der Waals surface area contributed by atoms with E-state index >= 15 is 0 Å². The molecule has 13 heavy (non-hydrogen) atoms. The fourth-order valence-corrected chi connectivity index (χ4v) is 3.85. The Kier molecular flexibility index (Phi) is 2.33. The maximum absolute atomic E-state index is 11.6. The van der Waals surface area contributed by atoms with Crippen molar-refractivity contribution in [3.8, 4) is 0 Å². The van der Waals surface area contributed by atoms with Crippen molar-refractivity contribution in [1.29, 1.82) is 0 Å². The average Bonchev–Trinajstić information content (AvgIpc) is 1.99. The Morgan fingerprint density at radius 1 is 1.23 bits per heavy atom. The zero-order valence-corrected chi connectivity index (χ0v) is 8.33. The molecule has 4 nitrogen and oxygen atoms in total. The maximum atomic E-state index is 11.6. The van der Waals surface area contributed by atoms with Gasteiger partial charge in [-0.1, -0.05) is 0 Å². The van der Waals surface area contributed by atoms with Crippen molar-refractivity contribution in [2.75, 3.05) is 12.3 Å². The first kappa shape index (κ1) is 9.43. The minimum absolute atomic E-state index is 0.0836. The Balaban J connectivity index is 2.05. The van der Waals surface area contributed by atoms with Crippen LogP contribution in [0.5, 0.6) is 0 Å². The molecule has 0 aromatic rings. The van der Waals surface area contributed by atoms with Crippen LogP contribution in [0.1, 0.15) is 25.7 Å². The molecule has 1 saturated heterocycles. The lowest BCUT2D eigenvalue weighted by molar-refractivity contribution is 0.0314. The molecule has 1 aliphatic heterocycles. The fourth-order valence-electron chi connectivity index (χ4n) is 2.01. The van der Waals surface area contributed by atoms with Crippen molar-refractivity contribution in [3.05, 3.63) is 0 Å². The molecule has 1 saturated carbocycles. The van der Waals surface area contributed by atoms with Crippen LogP contribution in [0.2, 0.25) is 0 Å². The molecule has 0 aromatic carbocycles. The molecule has 0 amide bonds. The lowest BCUT2D eigenvalue weighted by Gasteiger charge is -2.41. The van der Waals surface area contributed by atoms with Gasteiger partial charge in [0.25, 0.3) is 0 Å². The molecular weight excluding hydrogens is 190 g/mol. The van der Waals surface area contributed by atoms with Gasteiger partial charge in [-0.3, -0.25) is 0 Å². The molecule has 76 valence electrons. The molecule has 1 aliphatic carbocycles. The van der Waals surface area contributed by atoms with Crippen molar-refractivity contribution in [3.63, 3.8) is 0 Å². The van der Waals surface area contributed by atoms with Crippen LogP contribution < -0.4 is 0 Å². The summed E-state index contributed by atoms with van der Waals surface area (Å²) in [6, 6.07) is 0.0836. The summed E-state index contributed by atoms with van der Waals surface area (Å²) in [5.74, 6) is 0.291. The van der Waals surface area contributed by atoms with Crippen LogP contribution in [0.4, 0.5) is 0 Å². The molecule has 0 unspecified atom stereocenters. The molecule has 1 N–H and O–H groups in total. The first-order valence-corrected chi connectivity index (χ1v) is 6.38. The number of sulfonamides is 1. The van der Waals surface area contributed by atoms with Gasteiger partial charge >= 0.3 is 0 Å². The molecule has 2 aliphatic rings. The van der Waals surface area contributed by atoms with E-state index in [1.807, 2.05) is 0 Å². The van der Waals surface area contributed by atoms with Crippen molar-refractivity contribution in [2.24, 2.45) is 0 Å². The largest absolute Gasteiger partial charge is 0.393 e. The normalized spacial score (nSPS) is 39.8. The van der Waals surface area contributed by atoms with E-state index in [-0.39, 0.29) is 12.1 Å². The van der Waals surface area contributed by atoms with Gasteiger partial charge in [-0.05, 0) is 25.7 Å². The van der Waals surface area contributed by atoms with Gasteiger partial charge in [0, 0.05) is 12.6 Å². The summed E-state index contributed by atoms with van der Waals surface area (Å²) in [4.78, 5) is 0. The van der Waals surface area contributed by atoms with Crippen LogP contribution in [-0.2, 0) is 10.0 Å². The van der Waals surface area contributed by atoms with Gasteiger partial charge in [-0.2, -0.15) is 4.31 Å². The van der Waals surface area contributed by atoms with Gasteiger partial charge < -0.3 is 5.11 Å². The number of nitrogens with zero attached hydrogens (tertiary/aromatic N) is 1. The van der Waals surface area contributed by atoms with Gasteiger partial charge in [0.2, 0.25) is 10.0 Å². The Morgan fingerprint density at radius 2 is 1.92 bits per heavy atom. The third-order valence-electron chi connectivity index (χ3n) is 2.88. The van der Waals surface area contributed by atoms with E-state index in [4.69, 9.17) is 5.11 Å². The molecule has 0 spiro atoms. The summed E-state index contributed by atoms with van der Waals surface area (Å²) < 4.78 is 24.7.